The van der Waals surface area contributed by atoms with E-state index >= 15 is 0 Å². The van der Waals surface area contributed by atoms with Crippen molar-refractivity contribution in [1.29, 1.82) is 0 Å². The fraction of sp³-hybridized carbons (Fsp3) is 0.319. The van der Waals surface area contributed by atoms with Crippen LogP contribution in [0.1, 0.15) is 88.4 Å². The van der Waals surface area contributed by atoms with Crippen LogP contribution in [0.25, 0.3) is 44.4 Å². The number of ether oxygens (including phenoxy) is 1. The van der Waals surface area contributed by atoms with Crippen molar-refractivity contribution in [2.45, 2.75) is 87.5 Å². The van der Waals surface area contributed by atoms with Crippen molar-refractivity contribution in [2.24, 2.45) is 11.3 Å². The molecule has 2 atom stereocenters. The molecule has 0 aliphatic heterocycles. The molecular formula is C47H50N4OPt. The molecule has 3 aromatic heterocycles. The van der Waals surface area contributed by atoms with Gasteiger partial charge in [0, 0.05) is 34.5 Å². The summed E-state index contributed by atoms with van der Waals surface area (Å²) in [5.74, 6) is 3.06. The Balaban J connectivity index is 0.00000481. The Labute approximate surface area is 329 Å². The maximum atomic E-state index is 6.69. The zero-order valence-corrected chi connectivity index (χ0v) is 34.7. The van der Waals surface area contributed by atoms with Gasteiger partial charge in [-0.3, -0.25) is 4.68 Å². The number of rotatable bonds is 10. The van der Waals surface area contributed by atoms with E-state index in [1.54, 1.807) is 0 Å². The van der Waals surface area contributed by atoms with Crippen LogP contribution in [-0.2, 0) is 27.5 Å². The molecular weight excluding hydrogens is 832 g/mol. The van der Waals surface area contributed by atoms with E-state index < -0.39 is 0 Å². The van der Waals surface area contributed by atoms with Gasteiger partial charge < -0.3 is 9.30 Å². The molecule has 0 saturated heterocycles. The van der Waals surface area contributed by atoms with Gasteiger partial charge in [0.25, 0.3) is 0 Å². The molecule has 0 radical (unpaired) electrons. The van der Waals surface area contributed by atoms with Crippen molar-refractivity contribution in [3.05, 3.63) is 131 Å². The Kier molecular flexibility index (Phi) is 11.2. The quantitative estimate of drug-likeness (QED) is 0.129. The first kappa shape index (κ1) is 38.3. The Morgan fingerprint density at radius 2 is 1.60 bits per heavy atom. The predicted molar refractivity (Wildman–Crippen MR) is 215 cm³/mol. The fourth-order valence-corrected chi connectivity index (χ4v) is 7.50. The van der Waals surface area contributed by atoms with Crippen LogP contribution in [-0.4, -0.2) is 19.3 Å². The summed E-state index contributed by atoms with van der Waals surface area (Å²) in [6.45, 7) is 20.2. The molecule has 0 fully saturated rings. The van der Waals surface area contributed by atoms with Gasteiger partial charge in [-0.1, -0.05) is 109 Å². The number of aryl methyl sites for hydroxylation is 3. The van der Waals surface area contributed by atoms with Crippen LogP contribution in [0.15, 0.2) is 91.1 Å². The van der Waals surface area contributed by atoms with Crippen LogP contribution in [0.2, 0.25) is 0 Å². The smallest absolute Gasteiger partial charge is 0.509 e. The number of unbranched alkanes of at least 4 members (excludes halogenated alkanes) is 1. The number of pyridine rings is 1. The third-order valence-corrected chi connectivity index (χ3v) is 11.0. The number of nitrogens with zero attached hydrogens (tertiary/aromatic N) is 4. The monoisotopic (exact) mass is 881 g/mol. The molecule has 274 valence electrons. The molecule has 2 unspecified atom stereocenters. The van der Waals surface area contributed by atoms with E-state index in [0.717, 1.165) is 75.3 Å². The number of hydrogen-bond acceptors (Lipinski definition) is 3. The maximum Gasteiger partial charge on any atom is 2.00 e. The third-order valence-electron chi connectivity index (χ3n) is 11.0. The van der Waals surface area contributed by atoms with Crippen LogP contribution in [0.4, 0.5) is 0 Å². The van der Waals surface area contributed by atoms with E-state index in [1.165, 1.54) is 16.5 Å². The predicted octanol–water partition coefficient (Wildman–Crippen LogP) is 12.5. The van der Waals surface area contributed by atoms with Gasteiger partial charge in [-0.05, 0) is 84.0 Å². The Morgan fingerprint density at radius 1 is 0.830 bits per heavy atom. The van der Waals surface area contributed by atoms with Crippen LogP contribution in [0, 0.1) is 44.2 Å². The molecule has 0 aliphatic carbocycles. The average molecular weight is 882 g/mol. The number of aromatic nitrogens is 4. The Hall–Kier alpha value is -4.47. The van der Waals surface area contributed by atoms with E-state index in [4.69, 9.17) is 14.8 Å². The van der Waals surface area contributed by atoms with Crippen molar-refractivity contribution >= 4 is 21.8 Å². The molecule has 5 nitrogen and oxygen atoms in total. The van der Waals surface area contributed by atoms with Crippen LogP contribution >= 0.6 is 0 Å². The van der Waals surface area contributed by atoms with E-state index in [9.17, 15) is 0 Å². The first-order valence-electron chi connectivity index (χ1n) is 18.7. The topological polar surface area (TPSA) is 44.9 Å². The molecule has 0 spiro atoms. The average Bonchev–Trinajstić information content (AvgIpc) is 3.61. The molecule has 0 bridgehead atoms. The summed E-state index contributed by atoms with van der Waals surface area (Å²) in [4.78, 5) is 4.82. The zero-order valence-electron chi connectivity index (χ0n) is 32.4. The first-order chi connectivity index (χ1) is 24.9. The molecule has 4 aromatic carbocycles. The van der Waals surface area contributed by atoms with Gasteiger partial charge in [-0.25, -0.2) is 4.98 Å². The minimum absolute atomic E-state index is 0. The second-order valence-corrected chi connectivity index (χ2v) is 15.6. The summed E-state index contributed by atoms with van der Waals surface area (Å²) in [5, 5.41) is 7.32. The molecule has 3 heterocycles. The van der Waals surface area contributed by atoms with Crippen LogP contribution < -0.4 is 4.74 Å². The third kappa shape index (κ3) is 7.64. The van der Waals surface area contributed by atoms with Crippen molar-refractivity contribution in [2.75, 3.05) is 0 Å². The normalized spacial score (nSPS) is 12.9. The van der Waals surface area contributed by atoms with Crippen molar-refractivity contribution in [3.63, 3.8) is 0 Å². The number of benzene rings is 4. The molecule has 7 aromatic rings. The minimum Gasteiger partial charge on any atom is -0.509 e. The summed E-state index contributed by atoms with van der Waals surface area (Å²) in [5.41, 5.74) is 11.2. The molecule has 53 heavy (non-hydrogen) atoms. The zero-order chi connectivity index (χ0) is 36.7. The summed E-state index contributed by atoms with van der Waals surface area (Å²) in [7, 11) is 0. The second-order valence-electron chi connectivity index (χ2n) is 15.6. The Morgan fingerprint density at radius 3 is 2.32 bits per heavy atom. The first-order valence-corrected chi connectivity index (χ1v) is 18.7. The van der Waals surface area contributed by atoms with Crippen LogP contribution in [0.3, 0.4) is 0 Å². The van der Waals surface area contributed by atoms with E-state index in [-0.39, 0.29) is 26.5 Å². The number of hydrogen-bond donors (Lipinski definition) is 0. The second kappa shape index (κ2) is 15.5. The SMILES string of the molecule is CCCCc1cc(Oc2[c-]c3c(cc2)c2cc(C(C)C(C)C(C)(C)C)ccc2n3-c2cc(C)ccn2)[c-]c(-n2nc(C)c(-c3ccccc3)c2C)c1.[Pt+2]. The maximum absolute atomic E-state index is 6.69. The van der Waals surface area contributed by atoms with Gasteiger partial charge in [0.1, 0.15) is 5.82 Å². The standard InChI is InChI=1S/C47H50N4O.Pt/c1-10-11-15-35-25-38(51-34(6)46(33(5)49-51)36-16-13-12-14-17-36)28-40(26-35)52-39-19-20-41-42-27-37(31(3)32(4)47(7,8)9)18-21-43(42)50(44(41)29-39)45-24-30(2)22-23-48-45;/h12-14,16-27,31-32H,10-11,15H2,1-9H3;/q-2;+2. The van der Waals surface area contributed by atoms with Crippen molar-refractivity contribution < 1.29 is 25.8 Å². The molecule has 0 N–H and O–H groups in total. The molecule has 7 rings (SSSR count). The van der Waals surface area contributed by atoms with Crippen molar-refractivity contribution in [1.82, 2.24) is 19.3 Å². The summed E-state index contributed by atoms with van der Waals surface area (Å²) in [6.07, 6.45) is 5.03. The van der Waals surface area contributed by atoms with Gasteiger partial charge in [-0.15, -0.1) is 35.7 Å². The van der Waals surface area contributed by atoms with E-state index in [2.05, 4.69) is 146 Å². The van der Waals surface area contributed by atoms with E-state index in [1.807, 2.05) is 29.1 Å². The van der Waals surface area contributed by atoms with Gasteiger partial charge >= 0.3 is 21.1 Å². The summed E-state index contributed by atoms with van der Waals surface area (Å²) < 4.78 is 10.9. The molecule has 0 saturated carbocycles. The molecule has 6 heteroatoms. The van der Waals surface area contributed by atoms with Gasteiger partial charge in [-0.2, -0.15) is 16.7 Å². The summed E-state index contributed by atoms with van der Waals surface area (Å²) >= 11 is 0. The van der Waals surface area contributed by atoms with Gasteiger partial charge in [0.15, 0.2) is 0 Å². The Bertz CT molecular complexity index is 2380. The van der Waals surface area contributed by atoms with Gasteiger partial charge in [0.2, 0.25) is 0 Å². The fourth-order valence-electron chi connectivity index (χ4n) is 7.50. The largest absolute Gasteiger partial charge is 2.00 e. The molecule has 0 aliphatic rings. The van der Waals surface area contributed by atoms with Gasteiger partial charge in [0.05, 0.1) is 5.69 Å². The number of fused-ring (bicyclic) bond motifs is 3. The van der Waals surface area contributed by atoms with E-state index in [0.29, 0.717) is 23.3 Å². The van der Waals surface area contributed by atoms with Crippen LogP contribution in [0.5, 0.6) is 11.5 Å². The molecule has 0 amide bonds. The van der Waals surface area contributed by atoms with Crippen molar-refractivity contribution in [3.8, 4) is 34.1 Å². The summed E-state index contributed by atoms with van der Waals surface area (Å²) in [6, 6.07) is 37.3. The minimum atomic E-state index is 0.